The van der Waals surface area contributed by atoms with E-state index in [4.69, 9.17) is 23.2 Å². The van der Waals surface area contributed by atoms with E-state index in [1.165, 1.54) is 0 Å². The van der Waals surface area contributed by atoms with E-state index in [1.54, 1.807) is 6.20 Å². The fourth-order valence-corrected chi connectivity index (χ4v) is 2.40. The van der Waals surface area contributed by atoms with Gasteiger partial charge in [-0.15, -0.1) is 0 Å². The van der Waals surface area contributed by atoms with Crippen molar-refractivity contribution in [2.45, 2.75) is 19.4 Å². The molecular weight excluding hydrogens is 260 g/mol. The Hall–Kier alpha value is -1.62. The molecule has 5 heteroatoms. The monoisotopic (exact) mass is 276 g/mol. The topological polar surface area (TPSA) is 77.0 Å². The molecule has 1 unspecified atom stereocenters. The third kappa shape index (κ3) is 3.23. The van der Waals surface area contributed by atoms with Crippen LogP contribution < -0.4 is 17.0 Å². The van der Waals surface area contributed by atoms with Gasteiger partial charge in [-0.1, -0.05) is 23.7 Å². The van der Waals surface area contributed by atoms with Crippen LogP contribution in [0.15, 0.2) is 36.5 Å². The fraction of sp³-hybridized carbons (Fsp3) is 0.214. The van der Waals surface area contributed by atoms with Gasteiger partial charge in [-0.3, -0.25) is 11.3 Å². The Morgan fingerprint density at radius 1 is 1.37 bits per heavy atom. The number of hydrogen-bond acceptors (Lipinski definition) is 4. The number of pyridine rings is 1. The SMILES string of the molecule is Cc1ccnc(N)c1C(Cc1cccc(Cl)c1)NN. The smallest absolute Gasteiger partial charge is 0.128 e. The van der Waals surface area contributed by atoms with Gasteiger partial charge in [-0.2, -0.15) is 0 Å². The molecular formula is C14H17ClN4. The minimum Gasteiger partial charge on any atom is -0.383 e. The zero-order chi connectivity index (χ0) is 13.8. The summed E-state index contributed by atoms with van der Waals surface area (Å²) < 4.78 is 0. The van der Waals surface area contributed by atoms with Gasteiger partial charge in [0.2, 0.25) is 0 Å². The molecule has 0 fully saturated rings. The molecule has 100 valence electrons. The molecule has 1 aromatic carbocycles. The summed E-state index contributed by atoms with van der Waals surface area (Å²) in [4.78, 5) is 4.12. The van der Waals surface area contributed by atoms with Crippen LogP contribution in [0.5, 0.6) is 0 Å². The molecule has 2 rings (SSSR count). The molecule has 4 nitrogen and oxygen atoms in total. The van der Waals surface area contributed by atoms with Crippen LogP contribution in [-0.2, 0) is 6.42 Å². The third-order valence-corrected chi connectivity index (χ3v) is 3.35. The Morgan fingerprint density at radius 2 is 2.16 bits per heavy atom. The van der Waals surface area contributed by atoms with Gasteiger partial charge >= 0.3 is 0 Å². The second kappa shape index (κ2) is 6.02. The van der Waals surface area contributed by atoms with Crippen LogP contribution in [0.4, 0.5) is 5.82 Å². The number of nitrogens with one attached hydrogen (secondary N) is 1. The molecule has 5 N–H and O–H groups in total. The first-order valence-corrected chi connectivity index (χ1v) is 6.41. The predicted octanol–water partition coefficient (Wildman–Crippen LogP) is 2.37. The number of nitrogen functional groups attached to an aromatic ring is 1. The molecule has 0 aliphatic rings. The van der Waals surface area contributed by atoms with Gasteiger partial charge in [0, 0.05) is 16.8 Å². The highest BCUT2D eigenvalue weighted by Crippen LogP contribution is 2.25. The van der Waals surface area contributed by atoms with Crippen molar-refractivity contribution >= 4 is 17.4 Å². The fourth-order valence-electron chi connectivity index (χ4n) is 2.19. The first kappa shape index (κ1) is 13.8. The maximum Gasteiger partial charge on any atom is 0.128 e. The number of aromatic nitrogens is 1. The minimum absolute atomic E-state index is 0.0906. The maximum absolute atomic E-state index is 5.99. The molecule has 0 saturated heterocycles. The lowest BCUT2D eigenvalue weighted by atomic mass is 9.96. The standard InChI is InChI=1S/C14H17ClN4/c1-9-5-6-18-14(16)13(9)12(19-17)8-10-3-2-4-11(15)7-10/h2-7,12,19H,8,17H2,1H3,(H2,16,18). The number of hydrazine groups is 1. The average Bonchev–Trinajstić information content (AvgIpc) is 2.37. The van der Waals surface area contributed by atoms with Crippen molar-refractivity contribution in [1.29, 1.82) is 0 Å². The quantitative estimate of drug-likeness (QED) is 0.592. The number of nitrogens with zero attached hydrogens (tertiary/aromatic N) is 1. The number of nitrogens with two attached hydrogens (primary N) is 2. The molecule has 1 heterocycles. The summed E-state index contributed by atoms with van der Waals surface area (Å²) in [6.07, 6.45) is 2.40. The predicted molar refractivity (Wildman–Crippen MR) is 78.6 cm³/mol. The first-order chi connectivity index (χ1) is 9.11. The van der Waals surface area contributed by atoms with Crippen molar-refractivity contribution in [1.82, 2.24) is 10.4 Å². The highest BCUT2D eigenvalue weighted by Gasteiger charge is 2.16. The lowest BCUT2D eigenvalue weighted by molar-refractivity contribution is 0.549. The number of halogens is 1. The second-order valence-electron chi connectivity index (χ2n) is 4.48. The maximum atomic E-state index is 5.99. The molecule has 0 bridgehead atoms. The molecule has 0 saturated carbocycles. The molecule has 19 heavy (non-hydrogen) atoms. The van der Waals surface area contributed by atoms with Gasteiger partial charge in [0.25, 0.3) is 0 Å². The largest absolute Gasteiger partial charge is 0.383 e. The zero-order valence-corrected chi connectivity index (χ0v) is 11.5. The van der Waals surface area contributed by atoms with E-state index >= 15 is 0 Å². The molecule has 0 amide bonds. The summed E-state index contributed by atoms with van der Waals surface area (Å²) in [7, 11) is 0. The number of anilines is 1. The van der Waals surface area contributed by atoms with Crippen LogP contribution in [-0.4, -0.2) is 4.98 Å². The summed E-state index contributed by atoms with van der Waals surface area (Å²) in [5, 5.41) is 0.712. The summed E-state index contributed by atoms with van der Waals surface area (Å²) in [5.74, 6) is 6.17. The molecule has 1 atom stereocenters. The highest BCUT2D eigenvalue weighted by atomic mass is 35.5. The van der Waals surface area contributed by atoms with E-state index in [9.17, 15) is 0 Å². The molecule has 1 aromatic heterocycles. The van der Waals surface area contributed by atoms with Gasteiger partial charge in [0.1, 0.15) is 5.82 Å². The van der Waals surface area contributed by atoms with Crippen LogP contribution in [0.2, 0.25) is 5.02 Å². The van der Waals surface area contributed by atoms with E-state index < -0.39 is 0 Å². The van der Waals surface area contributed by atoms with Crippen molar-refractivity contribution in [2.24, 2.45) is 5.84 Å². The van der Waals surface area contributed by atoms with Gasteiger partial charge < -0.3 is 5.73 Å². The normalized spacial score (nSPS) is 12.4. The molecule has 0 aliphatic heterocycles. The van der Waals surface area contributed by atoms with Gasteiger partial charge in [-0.25, -0.2) is 4.98 Å². The summed E-state index contributed by atoms with van der Waals surface area (Å²) in [6, 6.07) is 9.54. The molecule has 0 radical (unpaired) electrons. The average molecular weight is 277 g/mol. The Kier molecular flexibility index (Phi) is 4.37. The number of benzene rings is 1. The number of rotatable bonds is 4. The van der Waals surface area contributed by atoms with Crippen LogP contribution in [0.3, 0.4) is 0 Å². The van der Waals surface area contributed by atoms with Crippen molar-refractivity contribution < 1.29 is 0 Å². The lowest BCUT2D eigenvalue weighted by Crippen LogP contribution is -2.31. The van der Waals surface area contributed by atoms with Crippen LogP contribution in [0.25, 0.3) is 0 Å². The van der Waals surface area contributed by atoms with Crippen LogP contribution >= 0.6 is 11.6 Å². The van der Waals surface area contributed by atoms with Crippen LogP contribution in [0.1, 0.15) is 22.7 Å². The van der Waals surface area contributed by atoms with E-state index in [2.05, 4.69) is 10.4 Å². The Labute approximate surface area is 117 Å². The first-order valence-electron chi connectivity index (χ1n) is 6.03. The minimum atomic E-state index is -0.0906. The van der Waals surface area contributed by atoms with Crippen molar-refractivity contribution in [3.8, 4) is 0 Å². The number of hydrogen-bond donors (Lipinski definition) is 3. The van der Waals surface area contributed by atoms with Gasteiger partial charge in [0.15, 0.2) is 0 Å². The van der Waals surface area contributed by atoms with Crippen LogP contribution in [0, 0.1) is 6.92 Å². The van der Waals surface area contributed by atoms with Gasteiger partial charge in [0.05, 0.1) is 6.04 Å². The molecule has 0 spiro atoms. The molecule has 0 aliphatic carbocycles. The summed E-state index contributed by atoms with van der Waals surface area (Å²) >= 11 is 5.99. The summed E-state index contributed by atoms with van der Waals surface area (Å²) in [6.45, 7) is 2.00. The van der Waals surface area contributed by atoms with E-state index in [1.807, 2.05) is 37.3 Å². The Bertz CT molecular complexity index is 551. The third-order valence-electron chi connectivity index (χ3n) is 3.12. The Morgan fingerprint density at radius 3 is 2.79 bits per heavy atom. The van der Waals surface area contributed by atoms with E-state index in [-0.39, 0.29) is 6.04 Å². The molecule has 2 aromatic rings. The van der Waals surface area contributed by atoms with Crippen molar-refractivity contribution in [3.63, 3.8) is 0 Å². The van der Waals surface area contributed by atoms with Crippen molar-refractivity contribution in [2.75, 3.05) is 5.73 Å². The van der Waals surface area contributed by atoms with E-state index in [0.717, 1.165) is 16.7 Å². The van der Waals surface area contributed by atoms with E-state index in [0.29, 0.717) is 17.3 Å². The zero-order valence-electron chi connectivity index (χ0n) is 10.7. The lowest BCUT2D eigenvalue weighted by Gasteiger charge is -2.20. The number of aryl methyl sites for hydroxylation is 1. The van der Waals surface area contributed by atoms with Gasteiger partial charge in [-0.05, 0) is 42.7 Å². The highest BCUT2D eigenvalue weighted by molar-refractivity contribution is 6.30. The second-order valence-corrected chi connectivity index (χ2v) is 4.92. The summed E-state index contributed by atoms with van der Waals surface area (Å²) in [5.41, 5.74) is 11.9. The Balaban J connectivity index is 2.30. The van der Waals surface area contributed by atoms with Crippen molar-refractivity contribution in [3.05, 3.63) is 58.2 Å².